The molecule has 2 atom stereocenters. The van der Waals surface area contributed by atoms with E-state index in [1.165, 1.54) is 17.5 Å². The van der Waals surface area contributed by atoms with Gasteiger partial charge < -0.3 is 31.3 Å². The molecule has 0 aliphatic rings. The fraction of sp³-hybridized carbons (Fsp3) is 0.182. The molecule has 2 unspecified atom stereocenters. The normalized spacial score (nSPS) is 14.9. The largest absolute Gasteiger partial charge is 0.464 e. The lowest BCUT2D eigenvalue weighted by Gasteiger charge is -2.21. The van der Waals surface area contributed by atoms with Crippen LogP contribution in [0, 0.1) is 0 Å². The van der Waals surface area contributed by atoms with Gasteiger partial charge >= 0.3 is 0 Å². The van der Waals surface area contributed by atoms with Crippen molar-refractivity contribution < 1.29 is 9.21 Å². The Morgan fingerprint density at radius 3 is 2.73 bits per heavy atom. The molecule has 0 bridgehead atoms. The first-order valence-electron chi connectivity index (χ1n) is 9.30. The van der Waals surface area contributed by atoms with Gasteiger partial charge in [0.25, 0.3) is 0 Å². The maximum Gasteiger partial charge on any atom is 0.191 e. The van der Waals surface area contributed by atoms with Crippen LogP contribution < -0.4 is 17.2 Å². The first-order chi connectivity index (χ1) is 14.4. The van der Waals surface area contributed by atoms with E-state index < -0.39 is 12.0 Å². The van der Waals surface area contributed by atoms with Crippen molar-refractivity contribution in [3.8, 4) is 0 Å². The summed E-state index contributed by atoms with van der Waals surface area (Å²) in [6.07, 6.45) is 7.34. The summed E-state index contributed by atoms with van der Waals surface area (Å²) in [7, 11) is 3.62. The zero-order valence-electron chi connectivity index (χ0n) is 16.9. The lowest BCUT2D eigenvalue weighted by molar-refractivity contribution is -0.109. The number of hydrogen-bond acceptors (Lipinski definition) is 6. The Morgan fingerprint density at radius 1 is 1.23 bits per heavy atom. The van der Waals surface area contributed by atoms with Crippen LogP contribution in [0.15, 0.2) is 69.7 Å². The van der Waals surface area contributed by atoms with Crippen LogP contribution in [0.5, 0.6) is 0 Å². The van der Waals surface area contributed by atoms with E-state index in [1.807, 2.05) is 49.8 Å². The van der Waals surface area contributed by atoms with E-state index in [1.54, 1.807) is 23.3 Å². The van der Waals surface area contributed by atoms with Gasteiger partial charge in [0.2, 0.25) is 0 Å². The molecule has 156 valence electrons. The van der Waals surface area contributed by atoms with Gasteiger partial charge in [0, 0.05) is 41.0 Å². The third kappa shape index (κ3) is 4.55. The maximum absolute atomic E-state index is 12.2. The number of allylic oxidation sites excluding steroid dienone is 2. The molecule has 0 spiro atoms. The maximum atomic E-state index is 12.2. The Morgan fingerprint density at radius 2 is 2.03 bits per heavy atom. The Labute approximate surface area is 179 Å². The standard InChI is InChI=1S/C22H25N5O2S/c1-27(2)22(25)26-21(20-11-16(13-30-20)18(24)4-3-8-23)17(12-28)14-5-6-19-15(10-14)7-9-29-19/h3-13,17,21H,23-24H2,1-2H3,(H2,25,26)/b8-3?,18-4-. The van der Waals surface area contributed by atoms with Crippen LogP contribution in [0.4, 0.5) is 0 Å². The predicted octanol–water partition coefficient (Wildman–Crippen LogP) is 3.17. The van der Waals surface area contributed by atoms with Crippen molar-refractivity contribution in [2.24, 2.45) is 22.2 Å². The number of nitrogens with zero attached hydrogens (tertiary/aromatic N) is 2. The van der Waals surface area contributed by atoms with Crippen molar-refractivity contribution in [2.75, 3.05) is 14.1 Å². The summed E-state index contributed by atoms with van der Waals surface area (Å²) >= 11 is 1.48. The number of guanidine groups is 1. The summed E-state index contributed by atoms with van der Waals surface area (Å²) in [4.78, 5) is 19.5. The number of hydrogen-bond donors (Lipinski definition) is 3. The van der Waals surface area contributed by atoms with Crippen molar-refractivity contribution in [3.05, 3.63) is 76.3 Å². The third-order valence-electron chi connectivity index (χ3n) is 4.71. The predicted molar refractivity (Wildman–Crippen MR) is 123 cm³/mol. The Kier molecular flexibility index (Phi) is 6.58. The number of aldehydes is 1. The van der Waals surface area contributed by atoms with Crippen molar-refractivity contribution in [1.29, 1.82) is 0 Å². The van der Waals surface area contributed by atoms with E-state index in [4.69, 9.17) is 21.6 Å². The van der Waals surface area contributed by atoms with Crippen LogP contribution in [0.3, 0.4) is 0 Å². The Balaban J connectivity index is 2.06. The van der Waals surface area contributed by atoms with Gasteiger partial charge in [0.15, 0.2) is 5.96 Å². The van der Waals surface area contributed by atoms with Gasteiger partial charge in [-0.15, -0.1) is 11.3 Å². The number of carbonyl (C=O) groups excluding carboxylic acids is 1. The molecule has 1 aromatic carbocycles. The molecule has 3 aromatic rings. The quantitative estimate of drug-likeness (QED) is 0.232. The highest BCUT2D eigenvalue weighted by Gasteiger charge is 2.27. The summed E-state index contributed by atoms with van der Waals surface area (Å²) < 4.78 is 5.41. The van der Waals surface area contributed by atoms with E-state index in [2.05, 4.69) is 4.99 Å². The van der Waals surface area contributed by atoms with Gasteiger partial charge in [-0.2, -0.15) is 0 Å². The smallest absolute Gasteiger partial charge is 0.191 e. The zero-order chi connectivity index (χ0) is 21.7. The topological polar surface area (TPSA) is 124 Å². The molecule has 8 heteroatoms. The molecule has 0 aliphatic carbocycles. The number of carbonyl (C=O) groups is 1. The van der Waals surface area contributed by atoms with Gasteiger partial charge in [-0.25, -0.2) is 4.99 Å². The van der Waals surface area contributed by atoms with Crippen molar-refractivity contribution in [1.82, 2.24) is 4.90 Å². The van der Waals surface area contributed by atoms with Gasteiger partial charge in [0.05, 0.1) is 12.2 Å². The molecule has 3 rings (SSSR count). The summed E-state index contributed by atoms with van der Waals surface area (Å²) in [6.45, 7) is 0. The second kappa shape index (κ2) is 9.32. The molecule has 0 radical (unpaired) electrons. The SMILES string of the molecule is CN(C)C(N)=NC(c1cc(/C(N)=C/C=CN)cs1)C(C=O)c1ccc2occc2c1. The molecule has 2 heterocycles. The number of aliphatic imine (C=N–C) groups is 1. The Hall–Kier alpha value is -3.52. The number of thiophene rings is 1. The molecule has 30 heavy (non-hydrogen) atoms. The fourth-order valence-electron chi connectivity index (χ4n) is 3.02. The average Bonchev–Trinajstić information content (AvgIpc) is 3.40. The molecule has 0 saturated heterocycles. The summed E-state index contributed by atoms with van der Waals surface area (Å²) in [6, 6.07) is 9.00. The molecule has 0 aliphatic heterocycles. The van der Waals surface area contributed by atoms with Crippen molar-refractivity contribution in [2.45, 2.75) is 12.0 Å². The zero-order valence-corrected chi connectivity index (χ0v) is 17.7. The highest BCUT2D eigenvalue weighted by atomic mass is 32.1. The van der Waals surface area contributed by atoms with Crippen molar-refractivity contribution >= 4 is 40.2 Å². The van der Waals surface area contributed by atoms with Crippen LogP contribution >= 0.6 is 11.3 Å². The van der Waals surface area contributed by atoms with Crippen molar-refractivity contribution in [3.63, 3.8) is 0 Å². The monoisotopic (exact) mass is 423 g/mol. The van der Waals surface area contributed by atoms with Crippen LogP contribution in [-0.2, 0) is 4.79 Å². The third-order valence-corrected chi connectivity index (χ3v) is 5.71. The number of benzene rings is 1. The first kappa shape index (κ1) is 21.2. The summed E-state index contributed by atoms with van der Waals surface area (Å²) in [5.41, 5.74) is 20.6. The van der Waals surface area contributed by atoms with E-state index >= 15 is 0 Å². The van der Waals surface area contributed by atoms with Crippen LogP contribution in [0.1, 0.15) is 28.0 Å². The highest BCUT2D eigenvalue weighted by molar-refractivity contribution is 7.10. The fourth-order valence-corrected chi connectivity index (χ4v) is 4.02. The second-order valence-electron chi connectivity index (χ2n) is 6.95. The van der Waals surface area contributed by atoms with Gasteiger partial charge in [-0.05, 0) is 48.2 Å². The van der Waals surface area contributed by atoms with Crippen LogP contribution in [0.25, 0.3) is 16.7 Å². The van der Waals surface area contributed by atoms with Gasteiger partial charge in [0.1, 0.15) is 17.9 Å². The molecular formula is C22H25N5O2S. The molecule has 0 fully saturated rings. The minimum Gasteiger partial charge on any atom is -0.464 e. The lowest BCUT2D eigenvalue weighted by Crippen LogP contribution is -2.31. The van der Waals surface area contributed by atoms with Crippen LogP contribution in [-0.4, -0.2) is 31.2 Å². The average molecular weight is 424 g/mol. The van der Waals surface area contributed by atoms with E-state index in [0.29, 0.717) is 11.7 Å². The van der Waals surface area contributed by atoms with Crippen LogP contribution in [0.2, 0.25) is 0 Å². The minimum absolute atomic E-state index is 0.334. The number of nitrogens with two attached hydrogens (primary N) is 3. The molecular weight excluding hydrogens is 398 g/mol. The number of fused-ring (bicyclic) bond motifs is 1. The summed E-state index contributed by atoms with van der Waals surface area (Å²) in [5, 5.41) is 2.86. The first-order valence-corrected chi connectivity index (χ1v) is 10.2. The lowest BCUT2D eigenvalue weighted by atomic mass is 9.91. The molecule has 2 aromatic heterocycles. The highest BCUT2D eigenvalue weighted by Crippen LogP contribution is 2.38. The molecule has 7 nitrogen and oxygen atoms in total. The molecule has 6 N–H and O–H groups in total. The van der Waals surface area contributed by atoms with E-state index in [-0.39, 0.29) is 0 Å². The summed E-state index contributed by atoms with van der Waals surface area (Å²) in [5.74, 6) is -0.191. The Bertz CT molecular complexity index is 1110. The number of rotatable bonds is 7. The van der Waals surface area contributed by atoms with E-state index in [9.17, 15) is 4.79 Å². The molecule has 0 amide bonds. The van der Waals surface area contributed by atoms with Gasteiger partial charge in [-0.3, -0.25) is 0 Å². The van der Waals surface area contributed by atoms with Gasteiger partial charge in [-0.1, -0.05) is 6.07 Å². The minimum atomic E-state index is -0.525. The number of furan rings is 1. The second-order valence-corrected chi connectivity index (χ2v) is 7.89. The molecule has 0 saturated carbocycles. The van der Waals surface area contributed by atoms with E-state index in [0.717, 1.165) is 33.3 Å².